The van der Waals surface area contributed by atoms with Crippen LogP contribution >= 0.6 is 0 Å². The Morgan fingerprint density at radius 1 is 1.37 bits per heavy atom. The summed E-state index contributed by atoms with van der Waals surface area (Å²) in [6.07, 6.45) is 2.24. The molecule has 1 aromatic carbocycles. The topological polar surface area (TPSA) is 64.4 Å². The number of benzene rings is 1. The zero-order valence-electron chi connectivity index (χ0n) is 11.8. The molecule has 5 heteroatoms. The third-order valence-corrected chi connectivity index (χ3v) is 2.76. The van der Waals surface area contributed by atoms with Crippen molar-refractivity contribution >= 4 is 11.4 Å². The number of nitrogens with one attached hydrogen (secondary N) is 1. The van der Waals surface area contributed by atoms with Crippen molar-refractivity contribution in [2.45, 2.75) is 39.7 Å². The number of nitro benzene ring substituents is 1. The molecule has 0 spiro atoms. The predicted molar refractivity (Wildman–Crippen MR) is 76.6 cm³/mol. The maximum atomic E-state index is 10.8. The molecule has 0 radical (unpaired) electrons. The van der Waals surface area contributed by atoms with Gasteiger partial charge in [0.25, 0.3) is 5.69 Å². The van der Waals surface area contributed by atoms with E-state index in [0.717, 1.165) is 31.7 Å². The second-order valence-electron chi connectivity index (χ2n) is 4.81. The molecule has 0 amide bonds. The van der Waals surface area contributed by atoms with E-state index in [4.69, 9.17) is 4.74 Å². The van der Waals surface area contributed by atoms with Crippen LogP contribution in [0.3, 0.4) is 0 Å². The summed E-state index contributed by atoms with van der Waals surface area (Å²) < 4.78 is 5.44. The van der Waals surface area contributed by atoms with Crippen LogP contribution in [0.5, 0.6) is 0 Å². The maximum absolute atomic E-state index is 10.8. The van der Waals surface area contributed by atoms with Gasteiger partial charge in [-0.1, -0.05) is 6.07 Å². The zero-order chi connectivity index (χ0) is 14.3. The van der Waals surface area contributed by atoms with E-state index in [0.29, 0.717) is 5.56 Å². The average Bonchev–Trinajstić information content (AvgIpc) is 2.34. The third-order valence-electron chi connectivity index (χ3n) is 2.76. The number of rotatable bonds is 8. The van der Waals surface area contributed by atoms with E-state index in [9.17, 15) is 10.1 Å². The number of nitro groups is 1. The fraction of sp³-hybridized carbons (Fsp3) is 0.571. The Kier molecular flexibility index (Phi) is 6.29. The first-order chi connectivity index (χ1) is 9.00. The summed E-state index contributed by atoms with van der Waals surface area (Å²) in [6, 6.07) is 5.22. The van der Waals surface area contributed by atoms with E-state index in [1.54, 1.807) is 19.1 Å². The summed E-state index contributed by atoms with van der Waals surface area (Å²) in [6.45, 7) is 7.33. The largest absolute Gasteiger partial charge is 0.385 e. The van der Waals surface area contributed by atoms with Crippen molar-refractivity contribution in [1.29, 1.82) is 0 Å². The molecule has 0 heterocycles. The Balaban J connectivity index is 2.34. The third kappa shape index (κ3) is 5.70. The molecule has 5 nitrogen and oxygen atoms in total. The maximum Gasteiger partial charge on any atom is 0.274 e. The molecule has 1 aromatic rings. The molecular weight excluding hydrogens is 244 g/mol. The molecule has 0 aromatic heterocycles. The minimum absolute atomic E-state index is 0.160. The molecule has 0 aliphatic heterocycles. The van der Waals surface area contributed by atoms with E-state index in [1.165, 1.54) is 0 Å². The van der Waals surface area contributed by atoms with Gasteiger partial charge in [0.05, 0.1) is 11.0 Å². The summed E-state index contributed by atoms with van der Waals surface area (Å²) in [5.74, 6) is 0. The van der Waals surface area contributed by atoms with Crippen LogP contribution in [-0.2, 0) is 4.74 Å². The van der Waals surface area contributed by atoms with Crippen molar-refractivity contribution < 1.29 is 9.66 Å². The van der Waals surface area contributed by atoms with E-state index >= 15 is 0 Å². The first-order valence-corrected chi connectivity index (χ1v) is 6.61. The highest BCUT2D eigenvalue weighted by atomic mass is 16.6. The van der Waals surface area contributed by atoms with Crippen LogP contribution in [0.15, 0.2) is 18.2 Å². The van der Waals surface area contributed by atoms with E-state index in [-0.39, 0.29) is 16.7 Å². The molecule has 0 bridgehead atoms. The normalized spacial score (nSPS) is 10.7. The van der Waals surface area contributed by atoms with Gasteiger partial charge in [-0.15, -0.1) is 0 Å². The van der Waals surface area contributed by atoms with Crippen molar-refractivity contribution in [3.05, 3.63) is 33.9 Å². The Hall–Kier alpha value is -1.62. The van der Waals surface area contributed by atoms with Gasteiger partial charge in [0.15, 0.2) is 0 Å². The van der Waals surface area contributed by atoms with Gasteiger partial charge < -0.3 is 10.1 Å². The van der Waals surface area contributed by atoms with Crippen LogP contribution < -0.4 is 5.32 Å². The number of aryl methyl sites for hydroxylation is 1. The Bertz CT molecular complexity index is 419. The lowest BCUT2D eigenvalue weighted by atomic mass is 10.2. The van der Waals surface area contributed by atoms with Gasteiger partial charge in [-0.3, -0.25) is 10.1 Å². The number of anilines is 1. The minimum Gasteiger partial charge on any atom is -0.385 e. The average molecular weight is 266 g/mol. The smallest absolute Gasteiger partial charge is 0.274 e. The molecule has 0 saturated carbocycles. The van der Waals surface area contributed by atoms with Crippen molar-refractivity contribution in [1.82, 2.24) is 0 Å². The highest BCUT2D eigenvalue weighted by Crippen LogP contribution is 2.22. The summed E-state index contributed by atoms with van der Waals surface area (Å²) in [5, 5.41) is 14.0. The van der Waals surface area contributed by atoms with Gasteiger partial charge in [0.1, 0.15) is 0 Å². The standard InChI is InChI=1S/C14H22N2O3/c1-11(2)19-9-5-4-8-15-13-7-6-12(3)14(10-13)16(17)18/h6-7,10-11,15H,4-5,8-9H2,1-3H3. The first-order valence-electron chi connectivity index (χ1n) is 6.61. The molecule has 0 aliphatic carbocycles. The van der Waals surface area contributed by atoms with Gasteiger partial charge >= 0.3 is 0 Å². The lowest BCUT2D eigenvalue weighted by molar-refractivity contribution is -0.385. The summed E-state index contributed by atoms with van der Waals surface area (Å²) >= 11 is 0. The van der Waals surface area contributed by atoms with Crippen molar-refractivity contribution in [2.75, 3.05) is 18.5 Å². The van der Waals surface area contributed by atoms with Crippen LogP contribution in [0.2, 0.25) is 0 Å². The number of hydrogen-bond acceptors (Lipinski definition) is 4. The Morgan fingerprint density at radius 3 is 2.74 bits per heavy atom. The second kappa shape index (κ2) is 7.74. The summed E-state index contributed by atoms with van der Waals surface area (Å²) in [4.78, 5) is 10.5. The highest BCUT2D eigenvalue weighted by Gasteiger charge is 2.10. The van der Waals surface area contributed by atoms with Crippen molar-refractivity contribution in [3.8, 4) is 0 Å². The lowest BCUT2D eigenvalue weighted by Crippen LogP contribution is -2.07. The SMILES string of the molecule is Cc1ccc(NCCCCOC(C)C)cc1[N+](=O)[O-]. The van der Waals surface area contributed by atoms with Crippen LogP contribution in [0.25, 0.3) is 0 Å². The van der Waals surface area contributed by atoms with Crippen LogP contribution in [0.1, 0.15) is 32.3 Å². The van der Waals surface area contributed by atoms with Crippen molar-refractivity contribution in [3.63, 3.8) is 0 Å². The van der Waals surface area contributed by atoms with Crippen LogP contribution in [0.4, 0.5) is 11.4 Å². The number of ether oxygens (including phenoxy) is 1. The molecule has 19 heavy (non-hydrogen) atoms. The first kappa shape index (κ1) is 15.4. The molecule has 0 unspecified atom stereocenters. The Labute approximate surface area is 114 Å². The van der Waals surface area contributed by atoms with Gasteiger partial charge in [-0.2, -0.15) is 0 Å². The molecule has 0 fully saturated rings. The Morgan fingerprint density at radius 2 is 2.11 bits per heavy atom. The molecule has 1 N–H and O–H groups in total. The molecule has 0 atom stereocenters. The molecule has 0 aliphatic rings. The number of unbranched alkanes of at least 4 members (excludes halogenated alkanes) is 1. The lowest BCUT2D eigenvalue weighted by Gasteiger charge is -2.09. The number of nitrogens with zero attached hydrogens (tertiary/aromatic N) is 1. The van der Waals surface area contributed by atoms with E-state index < -0.39 is 0 Å². The molecule has 106 valence electrons. The highest BCUT2D eigenvalue weighted by molar-refractivity contribution is 5.54. The predicted octanol–water partition coefficient (Wildman–Crippen LogP) is 3.52. The van der Waals surface area contributed by atoms with E-state index in [1.807, 2.05) is 19.9 Å². The minimum atomic E-state index is -0.350. The molecule has 0 saturated heterocycles. The quantitative estimate of drug-likeness (QED) is 0.444. The monoisotopic (exact) mass is 266 g/mol. The molecule has 1 rings (SSSR count). The molecular formula is C14H22N2O3. The fourth-order valence-electron chi connectivity index (χ4n) is 1.69. The number of hydrogen-bond donors (Lipinski definition) is 1. The van der Waals surface area contributed by atoms with Gasteiger partial charge in [0.2, 0.25) is 0 Å². The van der Waals surface area contributed by atoms with Gasteiger partial charge in [0, 0.05) is 30.5 Å². The van der Waals surface area contributed by atoms with Gasteiger partial charge in [-0.25, -0.2) is 0 Å². The van der Waals surface area contributed by atoms with Gasteiger partial charge in [-0.05, 0) is 39.7 Å². The van der Waals surface area contributed by atoms with Crippen LogP contribution in [0, 0.1) is 17.0 Å². The summed E-state index contributed by atoms with van der Waals surface area (Å²) in [7, 11) is 0. The fourth-order valence-corrected chi connectivity index (χ4v) is 1.69. The van der Waals surface area contributed by atoms with E-state index in [2.05, 4.69) is 5.32 Å². The zero-order valence-corrected chi connectivity index (χ0v) is 11.8. The second-order valence-corrected chi connectivity index (χ2v) is 4.81. The van der Waals surface area contributed by atoms with Crippen LogP contribution in [-0.4, -0.2) is 24.2 Å². The summed E-state index contributed by atoms with van der Waals surface area (Å²) in [5.41, 5.74) is 1.64. The van der Waals surface area contributed by atoms with Crippen molar-refractivity contribution in [2.24, 2.45) is 0 Å².